The topological polar surface area (TPSA) is 29.3 Å². The molecule has 1 saturated heterocycles. The fourth-order valence-corrected chi connectivity index (χ4v) is 3.93. The molecule has 3 rings (SSSR count). The van der Waals surface area contributed by atoms with Crippen molar-refractivity contribution in [3.05, 3.63) is 29.6 Å². The number of rotatable bonds is 2. The average Bonchev–Trinajstić information content (AvgIpc) is 2.81. The number of nitrogens with zero attached hydrogens (tertiary/aromatic N) is 1. The Morgan fingerprint density at radius 2 is 2.05 bits per heavy atom. The van der Waals surface area contributed by atoms with Crippen LogP contribution < -0.4 is 10.6 Å². The number of benzene rings is 1. The summed E-state index contributed by atoms with van der Waals surface area (Å²) in [5, 5.41) is 0. The zero-order chi connectivity index (χ0) is 13.4. The van der Waals surface area contributed by atoms with Crippen molar-refractivity contribution in [2.75, 3.05) is 11.4 Å². The Morgan fingerprint density at radius 3 is 2.84 bits per heavy atom. The lowest BCUT2D eigenvalue weighted by Gasteiger charge is -2.34. The standard InChI is InChI=1S/C16H23FN2/c1-11(18)16-13(17)6-4-8-15(16)19-10-9-12-5-2-3-7-14(12)19/h4,6,8,11-12,14H,2-3,5,7,9-10,18H2,1H3. The number of hydrogen-bond donors (Lipinski definition) is 1. The summed E-state index contributed by atoms with van der Waals surface area (Å²) in [5.41, 5.74) is 7.70. The van der Waals surface area contributed by atoms with E-state index in [1.165, 1.54) is 38.2 Å². The van der Waals surface area contributed by atoms with Gasteiger partial charge in [0, 0.05) is 29.9 Å². The van der Waals surface area contributed by atoms with Crippen molar-refractivity contribution in [1.29, 1.82) is 0 Å². The van der Waals surface area contributed by atoms with Crippen LogP contribution in [0.15, 0.2) is 18.2 Å². The van der Waals surface area contributed by atoms with E-state index in [0.717, 1.165) is 18.2 Å². The Balaban J connectivity index is 1.96. The van der Waals surface area contributed by atoms with Crippen molar-refractivity contribution < 1.29 is 4.39 Å². The first kappa shape index (κ1) is 12.9. The summed E-state index contributed by atoms with van der Waals surface area (Å²) in [5.74, 6) is 0.643. The first-order chi connectivity index (χ1) is 9.18. The predicted octanol–water partition coefficient (Wildman–Crippen LogP) is 3.61. The maximum Gasteiger partial charge on any atom is 0.130 e. The molecule has 1 saturated carbocycles. The third kappa shape index (κ3) is 2.25. The number of halogens is 1. The summed E-state index contributed by atoms with van der Waals surface area (Å²) in [6, 6.07) is 5.73. The van der Waals surface area contributed by atoms with Crippen molar-refractivity contribution in [3.63, 3.8) is 0 Å². The van der Waals surface area contributed by atoms with Crippen molar-refractivity contribution in [1.82, 2.24) is 0 Å². The van der Waals surface area contributed by atoms with Gasteiger partial charge in [-0.25, -0.2) is 4.39 Å². The van der Waals surface area contributed by atoms with Gasteiger partial charge >= 0.3 is 0 Å². The lowest BCUT2D eigenvalue weighted by Crippen LogP contribution is -2.35. The first-order valence-corrected chi connectivity index (χ1v) is 7.49. The zero-order valence-electron chi connectivity index (χ0n) is 11.6. The van der Waals surface area contributed by atoms with Gasteiger partial charge in [-0.1, -0.05) is 18.9 Å². The fourth-order valence-electron chi connectivity index (χ4n) is 3.93. The minimum atomic E-state index is -0.251. The Hall–Kier alpha value is -1.09. The molecule has 3 heteroatoms. The second kappa shape index (κ2) is 5.12. The van der Waals surface area contributed by atoms with Crippen LogP contribution in [-0.4, -0.2) is 12.6 Å². The fraction of sp³-hybridized carbons (Fsp3) is 0.625. The number of nitrogens with two attached hydrogens (primary N) is 1. The van der Waals surface area contributed by atoms with Gasteiger partial charge in [0.25, 0.3) is 0 Å². The molecule has 1 aromatic carbocycles. The molecule has 1 aromatic rings. The van der Waals surface area contributed by atoms with Crippen LogP contribution in [-0.2, 0) is 0 Å². The smallest absolute Gasteiger partial charge is 0.130 e. The van der Waals surface area contributed by atoms with E-state index in [2.05, 4.69) is 4.90 Å². The van der Waals surface area contributed by atoms with Gasteiger partial charge < -0.3 is 10.6 Å². The molecule has 3 atom stereocenters. The van der Waals surface area contributed by atoms with E-state index in [9.17, 15) is 4.39 Å². The van der Waals surface area contributed by atoms with Crippen LogP contribution in [0.25, 0.3) is 0 Å². The van der Waals surface area contributed by atoms with E-state index in [1.807, 2.05) is 19.1 Å². The molecular formula is C16H23FN2. The third-order valence-electron chi connectivity index (χ3n) is 4.80. The number of anilines is 1. The van der Waals surface area contributed by atoms with Crippen molar-refractivity contribution >= 4 is 5.69 Å². The van der Waals surface area contributed by atoms with Crippen molar-refractivity contribution in [3.8, 4) is 0 Å². The van der Waals surface area contributed by atoms with Crippen LogP contribution in [0.5, 0.6) is 0 Å². The summed E-state index contributed by atoms with van der Waals surface area (Å²) >= 11 is 0. The van der Waals surface area contributed by atoms with Gasteiger partial charge in [-0.2, -0.15) is 0 Å². The van der Waals surface area contributed by atoms with E-state index in [1.54, 1.807) is 0 Å². The Kier molecular flexibility index (Phi) is 3.48. The first-order valence-electron chi connectivity index (χ1n) is 7.49. The molecule has 2 aliphatic rings. The van der Waals surface area contributed by atoms with E-state index in [4.69, 9.17) is 5.73 Å². The number of fused-ring (bicyclic) bond motifs is 1. The van der Waals surface area contributed by atoms with Gasteiger partial charge in [0.2, 0.25) is 0 Å². The SMILES string of the molecule is CC(N)c1c(F)cccc1N1CCC2CCCCC21. The molecule has 2 fully saturated rings. The summed E-state index contributed by atoms with van der Waals surface area (Å²) in [6.07, 6.45) is 6.50. The minimum Gasteiger partial charge on any atom is -0.368 e. The van der Waals surface area contributed by atoms with Gasteiger partial charge in [-0.3, -0.25) is 0 Å². The van der Waals surface area contributed by atoms with Crippen molar-refractivity contribution in [2.45, 2.75) is 51.1 Å². The van der Waals surface area contributed by atoms with Gasteiger partial charge in [0.15, 0.2) is 0 Å². The molecule has 3 unspecified atom stereocenters. The van der Waals surface area contributed by atoms with Gasteiger partial charge in [0.1, 0.15) is 5.82 Å². The Labute approximate surface area is 114 Å². The van der Waals surface area contributed by atoms with Crippen LogP contribution in [0.4, 0.5) is 10.1 Å². The lowest BCUT2D eigenvalue weighted by molar-refractivity contribution is 0.341. The maximum atomic E-state index is 14.1. The highest BCUT2D eigenvalue weighted by Crippen LogP contribution is 2.41. The Bertz CT molecular complexity index is 458. The normalized spacial score (nSPS) is 28.3. The highest BCUT2D eigenvalue weighted by molar-refractivity contribution is 5.57. The van der Waals surface area contributed by atoms with Crippen LogP contribution in [0.2, 0.25) is 0 Å². The predicted molar refractivity (Wildman–Crippen MR) is 76.7 cm³/mol. The molecule has 1 aliphatic heterocycles. The van der Waals surface area contributed by atoms with E-state index in [0.29, 0.717) is 11.6 Å². The van der Waals surface area contributed by atoms with Crippen LogP contribution >= 0.6 is 0 Å². The van der Waals surface area contributed by atoms with Crippen LogP contribution in [0.3, 0.4) is 0 Å². The summed E-state index contributed by atoms with van der Waals surface area (Å²) in [6.45, 7) is 2.93. The third-order valence-corrected chi connectivity index (χ3v) is 4.80. The minimum absolute atomic E-state index is 0.160. The quantitative estimate of drug-likeness (QED) is 0.882. The molecule has 2 N–H and O–H groups in total. The summed E-state index contributed by atoms with van der Waals surface area (Å²) in [4.78, 5) is 2.42. The molecule has 0 spiro atoms. The Morgan fingerprint density at radius 1 is 1.26 bits per heavy atom. The lowest BCUT2D eigenvalue weighted by atomic mass is 9.85. The largest absolute Gasteiger partial charge is 0.368 e. The average molecular weight is 262 g/mol. The molecule has 0 aromatic heterocycles. The highest BCUT2D eigenvalue weighted by Gasteiger charge is 2.36. The zero-order valence-corrected chi connectivity index (χ0v) is 11.6. The van der Waals surface area contributed by atoms with Gasteiger partial charge in [-0.05, 0) is 44.2 Å². The molecule has 104 valence electrons. The van der Waals surface area contributed by atoms with Crippen LogP contribution in [0, 0.1) is 11.7 Å². The van der Waals surface area contributed by atoms with E-state index >= 15 is 0 Å². The summed E-state index contributed by atoms with van der Waals surface area (Å²) < 4.78 is 14.1. The molecule has 1 heterocycles. The van der Waals surface area contributed by atoms with Crippen molar-refractivity contribution in [2.24, 2.45) is 11.7 Å². The van der Waals surface area contributed by atoms with Gasteiger partial charge in [0.05, 0.1) is 0 Å². The number of hydrogen-bond acceptors (Lipinski definition) is 2. The monoisotopic (exact) mass is 262 g/mol. The molecule has 0 amide bonds. The van der Waals surface area contributed by atoms with Gasteiger partial charge in [-0.15, -0.1) is 0 Å². The molecule has 0 radical (unpaired) electrons. The summed E-state index contributed by atoms with van der Waals surface area (Å²) in [7, 11) is 0. The molecular weight excluding hydrogens is 239 g/mol. The maximum absolute atomic E-state index is 14.1. The van der Waals surface area contributed by atoms with E-state index < -0.39 is 0 Å². The molecule has 1 aliphatic carbocycles. The molecule has 19 heavy (non-hydrogen) atoms. The molecule has 0 bridgehead atoms. The van der Waals surface area contributed by atoms with Crippen LogP contribution in [0.1, 0.15) is 50.6 Å². The highest BCUT2D eigenvalue weighted by atomic mass is 19.1. The second-order valence-electron chi connectivity index (χ2n) is 6.06. The molecule has 2 nitrogen and oxygen atoms in total. The second-order valence-corrected chi connectivity index (χ2v) is 6.06. The van der Waals surface area contributed by atoms with E-state index in [-0.39, 0.29) is 11.9 Å².